The van der Waals surface area contributed by atoms with E-state index in [0.717, 1.165) is 38.3 Å². The first-order valence-electron chi connectivity index (χ1n) is 5.80. The standard InChI is InChI=1S/C13H17N3O/c1-17-13-11-12(4-5-15-13)3-2-8-16-9-6-14-7-10-16/h4-5,11,14H,6-10H2,1H3. The molecule has 4 nitrogen and oxygen atoms in total. The van der Waals surface area contributed by atoms with Crippen LogP contribution in [-0.2, 0) is 0 Å². The Balaban J connectivity index is 1.91. The molecule has 1 aromatic rings. The predicted octanol–water partition coefficient (Wildman–Crippen LogP) is 0.347. The third-order valence-electron chi connectivity index (χ3n) is 2.69. The highest BCUT2D eigenvalue weighted by Crippen LogP contribution is 2.06. The molecule has 0 aromatic carbocycles. The van der Waals surface area contributed by atoms with E-state index >= 15 is 0 Å². The van der Waals surface area contributed by atoms with Crippen LogP contribution in [-0.4, -0.2) is 49.7 Å². The Morgan fingerprint density at radius 1 is 1.47 bits per heavy atom. The zero-order valence-corrected chi connectivity index (χ0v) is 10.1. The summed E-state index contributed by atoms with van der Waals surface area (Å²) in [5.41, 5.74) is 0.951. The van der Waals surface area contributed by atoms with Gasteiger partial charge in [0, 0.05) is 44.0 Å². The largest absolute Gasteiger partial charge is 0.481 e. The molecule has 0 atom stereocenters. The van der Waals surface area contributed by atoms with Gasteiger partial charge in [0.2, 0.25) is 5.88 Å². The van der Waals surface area contributed by atoms with Crippen LogP contribution < -0.4 is 10.1 Å². The average Bonchev–Trinajstić information content (AvgIpc) is 2.40. The Bertz CT molecular complexity index is 416. The van der Waals surface area contributed by atoms with Gasteiger partial charge in [-0.15, -0.1) is 0 Å². The van der Waals surface area contributed by atoms with Gasteiger partial charge in [0.05, 0.1) is 13.7 Å². The first-order valence-corrected chi connectivity index (χ1v) is 5.80. The van der Waals surface area contributed by atoms with Crippen molar-refractivity contribution in [2.24, 2.45) is 0 Å². The monoisotopic (exact) mass is 231 g/mol. The summed E-state index contributed by atoms with van der Waals surface area (Å²) in [6, 6.07) is 3.75. The van der Waals surface area contributed by atoms with Crippen LogP contribution in [0, 0.1) is 11.8 Å². The van der Waals surface area contributed by atoms with Crippen LogP contribution in [0.3, 0.4) is 0 Å². The summed E-state index contributed by atoms with van der Waals surface area (Å²) in [4.78, 5) is 6.40. The van der Waals surface area contributed by atoms with Crippen LogP contribution in [0.25, 0.3) is 0 Å². The molecule has 0 saturated carbocycles. The van der Waals surface area contributed by atoms with Crippen molar-refractivity contribution >= 4 is 0 Å². The Morgan fingerprint density at radius 2 is 2.29 bits per heavy atom. The molecule has 1 aliphatic rings. The molecule has 4 heteroatoms. The molecule has 1 aromatic heterocycles. The van der Waals surface area contributed by atoms with E-state index in [1.54, 1.807) is 13.3 Å². The van der Waals surface area contributed by atoms with E-state index in [1.807, 2.05) is 12.1 Å². The molecule has 1 fully saturated rings. The number of pyridine rings is 1. The second kappa shape index (κ2) is 6.24. The van der Waals surface area contributed by atoms with E-state index < -0.39 is 0 Å². The summed E-state index contributed by atoms with van der Waals surface area (Å²) in [5, 5.41) is 3.32. The van der Waals surface area contributed by atoms with Gasteiger partial charge in [-0.3, -0.25) is 4.90 Å². The maximum absolute atomic E-state index is 5.05. The molecule has 0 aliphatic carbocycles. The molecule has 0 unspecified atom stereocenters. The summed E-state index contributed by atoms with van der Waals surface area (Å²) in [6.07, 6.45) is 1.72. The van der Waals surface area contributed by atoms with E-state index in [1.165, 1.54) is 0 Å². The second-order valence-corrected chi connectivity index (χ2v) is 3.91. The quantitative estimate of drug-likeness (QED) is 0.745. The van der Waals surface area contributed by atoms with E-state index in [9.17, 15) is 0 Å². The lowest BCUT2D eigenvalue weighted by atomic mass is 10.2. The molecule has 17 heavy (non-hydrogen) atoms. The summed E-state index contributed by atoms with van der Waals surface area (Å²) in [5.74, 6) is 6.93. The summed E-state index contributed by atoms with van der Waals surface area (Å²) >= 11 is 0. The topological polar surface area (TPSA) is 37.4 Å². The Kier molecular flexibility index (Phi) is 4.37. The van der Waals surface area contributed by atoms with Crippen molar-refractivity contribution < 1.29 is 4.74 Å². The molecule has 1 aliphatic heterocycles. The lowest BCUT2D eigenvalue weighted by Crippen LogP contribution is -2.43. The molecular formula is C13H17N3O. The molecule has 0 spiro atoms. The van der Waals surface area contributed by atoms with Crippen molar-refractivity contribution in [3.05, 3.63) is 23.9 Å². The van der Waals surface area contributed by atoms with Crippen LogP contribution in [0.5, 0.6) is 5.88 Å². The highest BCUT2D eigenvalue weighted by atomic mass is 16.5. The zero-order valence-electron chi connectivity index (χ0n) is 10.1. The first-order chi connectivity index (χ1) is 8.38. The van der Waals surface area contributed by atoms with Crippen LogP contribution in [0.1, 0.15) is 5.56 Å². The minimum Gasteiger partial charge on any atom is -0.481 e. The van der Waals surface area contributed by atoms with Crippen molar-refractivity contribution in [3.63, 3.8) is 0 Å². The zero-order chi connectivity index (χ0) is 11.9. The van der Waals surface area contributed by atoms with Gasteiger partial charge in [0.25, 0.3) is 0 Å². The maximum Gasteiger partial charge on any atom is 0.214 e. The van der Waals surface area contributed by atoms with Crippen molar-refractivity contribution in [1.82, 2.24) is 15.2 Å². The van der Waals surface area contributed by atoms with Crippen molar-refractivity contribution in [3.8, 4) is 17.7 Å². The molecule has 90 valence electrons. The molecule has 0 radical (unpaired) electrons. The summed E-state index contributed by atoms with van der Waals surface area (Å²) in [6.45, 7) is 5.10. The van der Waals surface area contributed by atoms with E-state index in [2.05, 4.69) is 27.0 Å². The van der Waals surface area contributed by atoms with Crippen molar-refractivity contribution in [1.29, 1.82) is 0 Å². The number of ether oxygens (including phenoxy) is 1. The Labute approximate surface area is 102 Å². The number of aromatic nitrogens is 1. The normalized spacial score (nSPS) is 16.1. The SMILES string of the molecule is COc1cc(C#CCN2CCNCC2)ccn1. The number of rotatable bonds is 2. The summed E-state index contributed by atoms with van der Waals surface area (Å²) < 4.78 is 5.05. The summed E-state index contributed by atoms with van der Waals surface area (Å²) in [7, 11) is 1.61. The Hall–Kier alpha value is -1.57. The lowest BCUT2D eigenvalue weighted by molar-refractivity contribution is 0.268. The van der Waals surface area contributed by atoms with Crippen molar-refractivity contribution in [2.45, 2.75) is 0 Å². The predicted molar refractivity (Wildman–Crippen MR) is 67.0 cm³/mol. The number of nitrogens with zero attached hydrogens (tertiary/aromatic N) is 2. The van der Waals surface area contributed by atoms with Gasteiger partial charge in [-0.1, -0.05) is 11.8 Å². The lowest BCUT2D eigenvalue weighted by Gasteiger charge is -2.24. The fourth-order valence-corrected chi connectivity index (χ4v) is 1.72. The van der Waals surface area contributed by atoms with E-state index in [0.29, 0.717) is 5.88 Å². The molecule has 1 N–H and O–H groups in total. The van der Waals surface area contributed by atoms with Gasteiger partial charge in [-0.25, -0.2) is 4.98 Å². The smallest absolute Gasteiger partial charge is 0.214 e. The van der Waals surface area contributed by atoms with Gasteiger partial charge in [0.1, 0.15) is 0 Å². The van der Waals surface area contributed by atoms with Gasteiger partial charge < -0.3 is 10.1 Å². The average molecular weight is 231 g/mol. The van der Waals surface area contributed by atoms with Crippen molar-refractivity contribution in [2.75, 3.05) is 39.8 Å². The number of methoxy groups -OCH3 is 1. The van der Waals surface area contributed by atoms with Gasteiger partial charge in [-0.05, 0) is 6.07 Å². The van der Waals surface area contributed by atoms with Crippen LogP contribution >= 0.6 is 0 Å². The molecular weight excluding hydrogens is 214 g/mol. The fraction of sp³-hybridized carbons (Fsp3) is 0.462. The molecule has 1 saturated heterocycles. The fourth-order valence-electron chi connectivity index (χ4n) is 1.72. The Morgan fingerprint density at radius 3 is 3.06 bits per heavy atom. The molecule has 2 rings (SSSR count). The highest BCUT2D eigenvalue weighted by Gasteiger charge is 2.06. The third kappa shape index (κ3) is 3.74. The number of nitrogens with one attached hydrogen (secondary N) is 1. The third-order valence-corrected chi connectivity index (χ3v) is 2.69. The minimum absolute atomic E-state index is 0.610. The number of hydrogen-bond acceptors (Lipinski definition) is 4. The number of piperazine rings is 1. The van der Waals surface area contributed by atoms with Crippen LogP contribution in [0.15, 0.2) is 18.3 Å². The molecule has 2 heterocycles. The molecule has 0 amide bonds. The maximum atomic E-state index is 5.05. The van der Waals surface area contributed by atoms with E-state index in [-0.39, 0.29) is 0 Å². The highest BCUT2D eigenvalue weighted by molar-refractivity contribution is 5.36. The van der Waals surface area contributed by atoms with Crippen LogP contribution in [0.2, 0.25) is 0 Å². The first kappa shape index (κ1) is 11.9. The van der Waals surface area contributed by atoms with E-state index in [4.69, 9.17) is 4.74 Å². The minimum atomic E-state index is 0.610. The second-order valence-electron chi connectivity index (χ2n) is 3.91. The van der Waals surface area contributed by atoms with Crippen LogP contribution in [0.4, 0.5) is 0 Å². The van der Waals surface area contributed by atoms with Gasteiger partial charge >= 0.3 is 0 Å². The number of hydrogen-bond donors (Lipinski definition) is 1. The van der Waals surface area contributed by atoms with Gasteiger partial charge in [-0.2, -0.15) is 0 Å². The molecule has 0 bridgehead atoms. The van der Waals surface area contributed by atoms with Gasteiger partial charge in [0.15, 0.2) is 0 Å².